The first kappa shape index (κ1) is 22.1. The lowest BCUT2D eigenvalue weighted by Gasteiger charge is -2.14. The molecule has 8 nitrogen and oxygen atoms in total. The number of anilines is 2. The van der Waals surface area contributed by atoms with Gasteiger partial charge in [-0.25, -0.2) is 4.68 Å². The van der Waals surface area contributed by atoms with Crippen molar-refractivity contribution in [1.29, 1.82) is 5.26 Å². The number of rotatable bonds is 6. The maximum absolute atomic E-state index is 11.8. The Kier molecular flexibility index (Phi) is 6.16. The quantitative estimate of drug-likeness (QED) is 0.352. The molecule has 1 amide bonds. The van der Waals surface area contributed by atoms with E-state index >= 15 is 0 Å². The average Bonchev–Trinajstić information content (AvgIpc) is 3.15. The fourth-order valence-electron chi connectivity index (χ4n) is 3.48. The zero-order chi connectivity index (χ0) is 23.5. The fourth-order valence-corrected chi connectivity index (χ4v) is 3.72. The minimum atomic E-state index is -0.238. The highest BCUT2D eigenvalue weighted by atomic mass is 35.5. The molecule has 0 aliphatic heterocycles. The maximum Gasteiger partial charge on any atom is 0.224 e. The number of nitrogens with zero attached hydrogens (tertiary/aromatic N) is 4. The summed E-state index contributed by atoms with van der Waals surface area (Å²) in [5.74, 6) is 0.102. The third-order valence-electron chi connectivity index (χ3n) is 5.18. The van der Waals surface area contributed by atoms with Gasteiger partial charge < -0.3 is 15.7 Å². The molecule has 2 aromatic carbocycles. The molecule has 4 aromatic rings. The molecule has 0 aliphatic rings. The minimum Gasteiger partial charge on any atom is -0.504 e. The third kappa shape index (κ3) is 4.45. The van der Waals surface area contributed by atoms with Crippen molar-refractivity contribution in [3.8, 4) is 17.5 Å². The summed E-state index contributed by atoms with van der Waals surface area (Å²) in [4.78, 5) is 16.1. The Morgan fingerprint density at radius 2 is 2.09 bits per heavy atom. The topological polar surface area (TPSA) is 116 Å². The molecule has 9 heteroatoms. The van der Waals surface area contributed by atoms with Crippen molar-refractivity contribution in [2.24, 2.45) is 0 Å². The molecule has 2 heterocycles. The van der Waals surface area contributed by atoms with E-state index in [2.05, 4.69) is 26.8 Å². The van der Waals surface area contributed by atoms with Gasteiger partial charge in [-0.2, -0.15) is 10.4 Å². The van der Waals surface area contributed by atoms with Crippen molar-refractivity contribution in [2.45, 2.75) is 26.8 Å². The predicted octanol–water partition coefficient (Wildman–Crippen LogP) is 4.92. The van der Waals surface area contributed by atoms with Crippen LogP contribution in [-0.4, -0.2) is 25.8 Å². The van der Waals surface area contributed by atoms with Crippen LogP contribution in [0.4, 0.5) is 11.5 Å². The van der Waals surface area contributed by atoms with Crippen molar-refractivity contribution < 1.29 is 9.90 Å². The first-order chi connectivity index (χ1) is 15.9. The Hall–Kier alpha value is -4.09. The maximum atomic E-state index is 11.8. The third-order valence-corrected chi connectivity index (χ3v) is 5.47. The first-order valence-electron chi connectivity index (χ1n) is 10.3. The van der Waals surface area contributed by atoms with Crippen LogP contribution in [0.15, 0.2) is 48.7 Å². The number of aryl methyl sites for hydroxylation is 1. The van der Waals surface area contributed by atoms with E-state index in [1.807, 2.05) is 30.3 Å². The molecule has 4 rings (SSSR count). The van der Waals surface area contributed by atoms with Gasteiger partial charge in [0, 0.05) is 24.5 Å². The van der Waals surface area contributed by atoms with Crippen LogP contribution >= 0.6 is 11.6 Å². The smallest absolute Gasteiger partial charge is 0.224 e. The number of aromatic nitrogens is 3. The molecule has 0 saturated carbocycles. The van der Waals surface area contributed by atoms with E-state index in [9.17, 15) is 15.2 Å². The Bertz CT molecular complexity index is 1410. The molecule has 0 radical (unpaired) electrons. The lowest BCUT2D eigenvalue weighted by molar-refractivity contribution is -0.115. The lowest BCUT2D eigenvalue weighted by atomic mass is 10.1. The van der Waals surface area contributed by atoms with E-state index in [1.54, 1.807) is 36.9 Å². The molecule has 0 saturated heterocycles. The number of halogens is 1. The van der Waals surface area contributed by atoms with Crippen molar-refractivity contribution in [3.05, 3.63) is 70.5 Å². The monoisotopic (exact) mass is 460 g/mol. The highest BCUT2D eigenvalue weighted by Gasteiger charge is 2.18. The molecule has 166 valence electrons. The highest BCUT2D eigenvalue weighted by molar-refractivity contribution is 6.32. The van der Waals surface area contributed by atoms with Gasteiger partial charge in [0.1, 0.15) is 17.5 Å². The Morgan fingerprint density at radius 3 is 2.85 bits per heavy atom. The van der Waals surface area contributed by atoms with Gasteiger partial charge >= 0.3 is 0 Å². The molecular weight excluding hydrogens is 440 g/mol. The van der Waals surface area contributed by atoms with E-state index in [1.165, 1.54) is 0 Å². The van der Waals surface area contributed by atoms with Crippen LogP contribution in [0.2, 0.25) is 5.02 Å². The van der Waals surface area contributed by atoms with Crippen LogP contribution in [0.25, 0.3) is 16.6 Å². The number of phenolic OH excluding ortho intramolecular Hbond substituents is 1. The Morgan fingerprint density at radius 1 is 1.27 bits per heavy atom. The number of amides is 1. The van der Waals surface area contributed by atoms with Gasteiger partial charge in [0.15, 0.2) is 5.75 Å². The number of nitrogens with one attached hydrogen (secondary N) is 2. The Labute approximate surface area is 195 Å². The molecule has 33 heavy (non-hydrogen) atoms. The SMILES string of the molecule is CCC(=O)Nc1cc(CNc2c(C#N)c(C)nn2-c2ccc3ncccc3c2)cc(Cl)c1O. The van der Waals surface area contributed by atoms with E-state index < -0.39 is 0 Å². The standard InChI is InChI=1S/C24H21ClN6O2/c1-3-22(32)29-21-10-15(9-19(25)23(21)33)13-28-24-18(12-26)14(2)30-31(24)17-6-7-20-16(11-17)5-4-8-27-20/h4-11,28,33H,3,13H2,1-2H3,(H,29,32). The number of pyridine rings is 1. The van der Waals surface area contributed by atoms with Crippen molar-refractivity contribution >= 4 is 39.9 Å². The number of phenols is 1. The van der Waals surface area contributed by atoms with Crippen molar-refractivity contribution in [1.82, 2.24) is 14.8 Å². The largest absolute Gasteiger partial charge is 0.504 e. The molecule has 0 atom stereocenters. The summed E-state index contributed by atoms with van der Waals surface area (Å²) in [6, 6.07) is 15.0. The van der Waals surface area contributed by atoms with Crippen LogP contribution in [0, 0.1) is 18.3 Å². The second-order valence-corrected chi connectivity index (χ2v) is 7.85. The molecule has 0 spiro atoms. The summed E-state index contributed by atoms with van der Waals surface area (Å²) in [6.07, 6.45) is 2.01. The number of benzene rings is 2. The summed E-state index contributed by atoms with van der Waals surface area (Å²) in [7, 11) is 0. The van der Waals surface area contributed by atoms with Gasteiger partial charge in [0.2, 0.25) is 5.91 Å². The second kappa shape index (κ2) is 9.18. The summed E-state index contributed by atoms with van der Waals surface area (Å²) >= 11 is 6.17. The van der Waals surface area contributed by atoms with Crippen molar-refractivity contribution in [3.63, 3.8) is 0 Å². The van der Waals surface area contributed by atoms with Crippen LogP contribution in [0.5, 0.6) is 5.75 Å². The first-order valence-corrected chi connectivity index (χ1v) is 10.7. The molecule has 0 aliphatic carbocycles. The van der Waals surface area contributed by atoms with Gasteiger partial charge in [-0.05, 0) is 48.9 Å². The lowest BCUT2D eigenvalue weighted by Crippen LogP contribution is -2.11. The summed E-state index contributed by atoms with van der Waals surface area (Å²) < 4.78 is 1.68. The fraction of sp³-hybridized carbons (Fsp3) is 0.167. The zero-order valence-corrected chi connectivity index (χ0v) is 18.8. The van der Waals surface area contributed by atoms with Gasteiger partial charge in [0.05, 0.1) is 27.6 Å². The zero-order valence-electron chi connectivity index (χ0n) is 18.1. The number of nitriles is 1. The summed E-state index contributed by atoms with van der Waals surface area (Å²) in [6.45, 7) is 3.78. The van der Waals surface area contributed by atoms with Crippen LogP contribution in [0.1, 0.15) is 30.2 Å². The van der Waals surface area contributed by atoms with E-state index in [0.717, 1.165) is 16.6 Å². The van der Waals surface area contributed by atoms with Gasteiger partial charge in [-0.3, -0.25) is 9.78 Å². The van der Waals surface area contributed by atoms with E-state index in [-0.39, 0.29) is 35.3 Å². The highest BCUT2D eigenvalue weighted by Crippen LogP contribution is 2.34. The molecule has 0 fully saturated rings. The summed E-state index contributed by atoms with van der Waals surface area (Å²) in [5, 5.41) is 31.5. The van der Waals surface area contributed by atoms with E-state index in [4.69, 9.17) is 11.6 Å². The van der Waals surface area contributed by atoms with Crippen LogP contribution in [0.3, 0.4) is 0 Å². The number of fused-ring (bicyclic) bond motifs is 1. The Balaban J connectivity index is 1.69. The number of carbonyl (C=O) groups is 1. The number of hydrogen-bond donors (Lipinski definition) is 3. The van der Waals surface area contributed by atoms with Crippen molar-refractivity contribution in [2.75, 3.05) is 10.6 Å². The van der Waals surface area contributed by atoms with Crippen LogP contribution in [-0.2, 0) is 11.3 Å². The minimum absolute atomic E-state index is 0.118. The van der Waals surface area contributed by atoms with Crippen LogP contribution < -0.4 is 10.6 Å². The van der Waals surface area contributed by atoms with Gasteiger partial charge in [-0.15, -0.1) is 0 Å². The molecule has 0 bridgehead atoms. The second-order valence-electron chi connectivity index (χ2n) is 7.44. The predicted molar refractivity (Wildman–Crippen MR) is 128 cm³/mol. The number of aromatic hydroxyl groups is 1. The molecular formula is C24H21ClN6O2. The molecule has 3 N–H and O–H groups in total. The van der Waals surface area contributed by atoms with Gasteiger partial charge in [-0.1, -0.05) is 24.6 Å². The summed E-state index contributed by atoms with van der Waals surface area (Å²) in [5.41, 5.74) is 3.60. The molecule has 2 aromatic heterocycles. The number of hydrogen-bond acceptors (Lipinski definition) is 6. The number of carbonyl (C=O) groups excluding carboxylic acids is 1. The molecule has 0 unspecified atom stereocenters. The average molecular weight is 461 g/mol. The normalized spacial score (nSPS) is 10.7. The van der Waals surface area contributed by atoms with E-state index in [0.29, 0.717) is 22.6 Å². The van der Waals surface area contributed by atoms with Gasteiger partial charge in [0.25, 0.3) is 0 Å².